The Hall–Kier alpha value is -2.51. The van der Waals surface area contributed by atoms with E-state index in [4.69, 9.17) is 5.14 Å². The van der Waals surface area contributed by atoms with Gasteiger partial charge in [-0.05, 0) is 36.2 Å². The highest BCUT2D eigenvalue weighted by molar-refractivity contribution is 7.89. The van der Waals surface area contributed by atoms with E-state index in [9.17, 15) is 13.2 Å². The van der Waals surface area contributed by atoms with Crippen molar-refractivity contribution < 1.29 is 8.42 Å². The Morgan fingerprint density at radius 3 is 2.43 bits per heavy atom. The average Bonchev–Trinajstić information content (AvgIpc) is 2.54. The van der Waals surface area contributed by atoms with E-state index in [0.717, 1.165) is 5.56 Å². The Balaban J connectivity index is 1.81. The summed E-state index contributed by atoms with van der Waals surface area (Å²) in [4.78, 5) is 16.7. The Bertz CT molecular complexity index is 1010. The third-order valence-electron chi connectivity index (χ3n) is 3.62. The molecule has 7 heteroatoms. The summed E-state index contributed by atoms with van der Waals surface area (Å²) in [6.45, 7) is 0.464. The van der Waals surface area contributed by atoms with Gasteiger partial charge < -0.3 is 0 Å². The lowest BCUT2D eigenvalue weighted by molar-refractivity contribution is 0.597. The third-order valence-corrected chi connectivity index (χ3v) is 4.55. The number of hydrogen-bond donors (Lipinski definition) is 1. The van der Waals surface area contributed by atoms with Crippen molar-refractivity contribution in [1.82, 2.24) is 9.55 Å². The number of primary sulfonamides is 1. The zero-order valence-electron chi connectivity index (χ0n) is 12.2. The van der Waals surface area contributed by atoms with Gasteiger partial charge in [0.25, 0.3) is 5.56 Å². The molecule has 2 N–H and O–H groups in total. The van der Waals surface area contributed by atoms with E-state index >= 15 is 0 Å². The number of para-hydroxylation sites is 1. The van der Waals surface area contributed by atoms with E-state index < -0.39 is 10.0 Å². The molecule has 0 saturated heterocycles. The highest BCUT2D eigenvalue weighted by Crippen LogP contribution is 2.10. The Morgan fingerprint density at radius 2 is 1.74 bits per heavy atom. The van der Waals surface area contributed by atoms with Crippen LogP contribution < -0.4 is 10.7 Å². The van der Waals surface area contributed by atoms with Crippen LogP contribution in [0.2, 0.25) is 0 Å². The Labute approximate surface area is 133 Å². The van der Waals surface area contributed by atoms with Crippen molar-refractivity contribution in [2.24, 2.45) is 5.14 Å². The predicted molar refractivity (Wildman–Crippen MR) is 87.5 cm³/mol. The van der Waals surface area contributed by atoms with Crippen LogP contribution in [0.4, 0.5) is 0 Å². The predicted octanol–water partition coefficient (Wildman–Crippen LogP) is 1.29. The standard InChI is InChI=1S/C16H15N3O3S/c17-23(21,22)13-7-5-12(6-8-13)9-10-19-11-18-15-4-2-1-3-14(15)16(19)20/h1-8,11H,9-10H2,(H2,17,21,22). The highest BCUT2D eigenvalue weighted by Gasteiger charge is 2.07. The zero-order valence-corrected chi connectivity index (χ0v) is 13.0. The van der Waals surface area contributed by atoms with Crippen LogP contribution in [0.1, 0.15) is 5.56 Å². The molecule has 1 heterocycles. The topological polar surface area (TPSA) is 95.1 Å². The van der Waals surface area contributed by atoms with E-state index in [1.165, 1.54) is 18.5 Å². The number of benzene rings is 2. The molecular weight excluding hydrogens is 314 g/mol. The van der Waals surface area contributed by atoms with Crippen molar-refractivity contribution in [3.05, 3.63) is 70.8 Å². The van der Waals surface area contributed by atoms with E-state index in [-0.39, 0.29) is 10.5 Å². The monoisotopic (exact) mass is 329 g/mol. The fourth-order valence-corrected chi connectivity index (χ4v) is 2.88. The first-order valence-corrected chi connectivity index (χ1v) is 8.56. The molecule has 2 aromatic carbocycles. The second-order valence-electron chi connectivity index (χ2n) is 5.20. The summed E-state index contributed by atoms with van der Waals surface area (Å²) in [6, 6.07) is 13.5. The van der Waals surface area contributed by atoms with Crippen LogP contribution in [0.15, 0.2) is 64.5 Å². The Morgan fingerprint density at radius 1 is 1.04 bits per heavy atom. The summed E-state index contributed by atoms with van der Waals surface area (Å²) < 4.78 is 24.0. The number of hydrogen-bond acceptors (Lipinski definition) is 4. The quantitative estimate of drug-likeness (QED) is 0.780. The molecule has 0 fully saturated rings. The normalized spacial score (nSPS) is 11.7. The molecule has 118 valence electrons. The molecular formula is C16H15N3O3S. The summed E-state index contributed by atoms with van der Waals surface area (Å²) in [5, 5.41) is 5.65. The summed E-state index contributed by atoms with van der Waals surface area (Å²) in [7, 11) is -3.68. The van der Waals surface area contributed by atoms with Gasteiger partial charge in [0.05, 0.1) is 22.1 Å². The number of aromatic nitrogens is 2. The van der Waals surface area contributed by atoms with Gasteiger partial charge in [-0.2, -0.15) is 0 Å². The van der Waals surface area contributed by atoms with Crippen molar-refractivity contribution in [2.75, 3.05) is 0 Å². The van der Waals surface area contributed by atoms with Crippen LogP contribution in [0, 0.1) is 0 Å². The maximum Gasteiger partial charge on any atom is 0.261 e. The number of nitrogens with zero attached hydrogens (tertiary/aromatic N) is 2. The molecule has 0 atom stereocenters. The van der Waals surface area contributed by atoms with Gasteiger partial charge in [0, 0.05) is 6.54 Å². The van der Waals surface area contributed by atoms with Crippen LogP contribution >= 0.6 is 0 Å². The number of sulfonamides is 1. The van der Waals surface area contributed by atoms with E-state index in [2.05, 4.69) is 4.98 Å². The number of aryl methyl sites for hydroxylation is 2. The first kappa shape index (κ1) is 15.4. The molecule has 0 bridgehead atoms. The molecule has 0 aliphatic heterocycles. The van der Waals surface area contributed by atoms with Crippen molar-refractivity contribution in [3.8, 4) is 0 Å². The molecule has 3 aromatic rings. The molecule has 1 aromatic heterocycles. The number of nitrogens with two attached hydrogens (primary N) is 1. The van der Waals surface area contributed by atoms with Crippen LogP contribution in [-0.2, 0) is 23.0 Å². The minimum Gasteiger partial charge on any atom is -0.298 e. The fraction of sp³-hybridized carbons (Fsp3) is 0.125. The van der Waals surface area contributed by atoms with Crippen molar-refractivity contribution in [2.45, 2.75) is 17.9 Å². The van der Waals surface area contributed by atoms with Crippen molar-refractivity contribution in [3.63, 3.8) is 0 Å². The van der Waals surface area contributed by atoms with Crippen LogP contribution in [0.5, 0.6) is 0 Å². The minimum absolute atomic E-state index is 0.0748. The summed E-state index contributed by atoms with van der Waals surface area (Å²) >= 11 is 0. The number of fused-ring (bicyclic) bond motifs is 1. The van der Waals surface area contributed by atoms with Gasteiger partial charge in [-0.3, -0.25) is 9.36 Å². The summed E-state index contributed by atoms with van der Waals surface area (Å²) in [5.41, 5.74) is 1.50. The van der Waals surface area contributed by atoms with Gasteiger partial charge >= 0.3 is 0 Å². The Kier molecular flexibility index (Phi) is 3.97. The van der Waals surface area contributed by atoms with Crippen LogP contribution in [0.3, 0.4) is 0 Å². The largest absolute Gasteiger partial charge is 0.298 e. The van der Waals surface area contributed by atoms with Gasteiger partial charge in [-0.15, -0.1) is 0 Å². The van der Waals surface area contributed by atoms with Gasteiger partial charge in [-0.25, -0.2) is 18.5 Å². The average molecular weight is 329 g/mol. The van der Waals surface area contributed by atoms with Gasteiger partial charge in [0.2, 0.25) is 10.0 Å². The molecule has 0 aliphatic rings. The lowest BCUT2D eigenvalue weighted by Crippen LogP contribution is -2.21. The molecule has 0 amide bonds. The van der Waals surface area contributed by atoms with Crippen LogP contribution in [0.25, 0.3) is 10.9 Å². The van der Waals surface area contributed by atoms with E-state index in [0.29, 0.717) is 23.9 Å². The second-order valence-corrected chi connectivity index (χ2v) is 6.76. The lowest BCUT2D eigenvalue weighted by atomic mass is 10.1. The van der Waals surface area contributed by atoms with Gasteiger partial charge in [0.15, 0.2) is 0 Å². The van der Waals surface area contributed by atoms with Crippen molar-refractivity contribution in [1.29, 1.82) is 0 Å². The van der Waals surface area contributed by atoms with E-state index in [1.807, 2.05) is 12.1 Å². The van der Waals surface area contributed by atoms with Gasteiger partial charge in [-0.1, -0.05) is 24.3 Å². The maximum absolute atomic E-state index is 12.4. The molecule has 3 rings (SSSR count). The number of rotatable bonds is 4. The molecule has 0 unspecified atom stereocenters. The smallest absolute Gasteiger partial charge is 0.261 e. The minimum atomic E-state index is -3.68. The van der Waals surface area contributed by atoms with Crippen LogP contribution in [-0.4, -0.2) is 18.0 Å². The molecule has 0 radical (unpaired) electrons. The lowest BCUT2D eigenvalue weighted by Gasteiger charge is -2.07. The highest BCUT2D eigenvalue weighted by atomic mass is 32.2. The SMILES string of the molecule is NS(=O)(=O)c1ccc(CCn2cnc3ccccc3c2=O)cc1. The van der Waals surface area contributed by atoms with E-state index in [1.54, 1.807) is 28.8 Å². The summed E-state index contributed by atoms with van der Waals surface area (Å²) in [5.74, 6) is 0. The first-order valence-electron chi connectivity index (χ1n) is 7.01. The first-order chi connectivity index (χ1) is 10.9. The maximum atomic E-state index is 12.4. The second kappa shape index (κ2) is 5.94. The van der Waals surface area contributed by atoms with Gasteiger partial charge in [0.1, 0.15) is 0 Å². The molecule has 0 saturated carbocycles. The third kappa shape index (κ3) is 3.30. The molecule has 0 aliphatic carbocycles. The van der Waals surface area contributed by atoms with Crippen molar-refractivity contribution >= 4 is 20.9 Å². The molecule has 0 spiro atoms. The fourth-order valence-electron chi connectivity index (χ4n) is 2.36. The summed E-state index contributed by atoms with van der Waals surface area (Å²) in [6.07, 6.45) is 2.12. The molecule has 6 nitrogen and oxygen atoms in total. The zero-order chi connectivity index (χ0) is 16.4. The molecule has 23 heavy (non-hydrogen) atoms.